The molecule has 0 spiro atoms. The van der Waals surface area contributed by atoms with E-state index in [1.165, 1.54) is 0 Å². The van der Waals surface area contributed by atoms with E-state index < -0.39 is 0 Å². The molecule has 5 heteroatoms. The minimum Gasteiger partial charge on any atom is -0.488 e. The van der Waals surface area contributed by atoms with Gasteiger partial charge in [-0.1, -0.05) is 18.2 Å². The molecule has 0 aliphatic heterocycles. The lowest BCUT2D eigenvalue weighted by molar-refractivity contribution is 0.0949. The predicted molar refractivity (Wildman–Crippen MR) is 106 cm³/mol. The number of nitrogens with one attached hydrogen (secondary N) is 1. The molecule has 25 heavy (non-hydrogen) atoms. The van der Waals surface area contributed by atoms with Crippen molar-refractivity contribution in [2.24, 2.45) is 0 Å². The van der Waals surface area contributed by atoms with Crippen LogP contribution >= 0.6 is 12.4 Å². The number of hydrogen-bond donors (Lipinski definition) is 2. The highest BCUT2D eigenvalue weighted by molar-refractivity contribution is 5.96. The molecule has 1 amide bonds. The van der Waals surface area contributed by atoms with Crippen molar-refractivity contribution in [1.29, 1.82) is 0 Å². The maximum atomic E-state index is 12.4. The fraction of sp³-hybridized carbons (Fsp3) is 0.350. The van der Waals surface area contributed by atoms with E-state index >= 15 is 0 Å². The summed E-state index contributed by atoms with van der Waals surface area (Å²) < 4.78 is 6.02. The average Bonchev–Trinajstić information content (AvgIpc) is 2.47. The van der Waals surface area contributed by atoms with Gasteiger partial charge in [0.05, 0.1) is 0 Å². The number of carbonyl (C=O) groups excluding carboxylic acids is 1. The summed E-state index contributed by atoms with van der Waals surface area (Å²) in [6.07, 6.45) is 0. The second-order valence-corrected chi connectivity index (χ2v) is 7.08. The number of anilines is 1. The van der Waals surface area contributed by atoms with Crippen molar-refractivity contribution >= 4 is 24.0 Å². The summed E-state index contributed by atoms with van der Waals surface area (Å²) in [5.41, 5.74) is 9.64. The van der Waals surface area contributed by atoms with Gasteiger partial charge in [0.15, 0.2) is 0 Å². The molecule has 0 aromatic heterocycles. The van der Waals surface area contributed by atoms with Crippen molar-refractivity contribution in [1.82, 2.24) is 5.32 Å². The standard InChI is InChI=1S/C20H26N2O2.ClH/c1-13-6-8-15(18(10-13)24-20(3,4)5)12-22-19(23)17-11-16(21)9-7-14(17)2;/h6-11H,12,21H2,1-5H3,(H,22,23);1H. The van der Waals surface area contributed by atoms with Gasteiger partial charge in [-0.3, -0.25) is 4.79 Å². The summed E-state index contributed by atoms with van der Waals surface area (Å²) in [5.74, 6) is 0.661. The first-order chi connectivity index (χ1) is 11.2. The molecule has 2 rings (SSSR count). The molecular formula is C20H27ClN2O2. The molecule has 0 aliphatic rings. The van der Waals surface area contributed by atoms with Gasteiger partial charge in [-0.15, -0.1) is 12.4 Å². The molecule has 0 fully saturated rings. The van der Waals surface area contributed by atoms with E-state index in [-0.39, 0.29) is 23.9 Å². The zero-order valence-electron chi connectivity index (χ0n) is 15.5. The first kappa shape index (κ1) is 20.8. The lowest BCUT2D eigenvalue weighted by atomic mass is 10.1. The first-order valence-electron chi connectivity index (χ1n) is 8.08. The normalized spacial score (nSPS) is 10.8. The molecule has 0 radical (unpaired) electrons. The van der Waals surface area contributed by atoms with Gasteiger partial charge in [-0.2, -0.15) is 0 Å². The SMILES string of the molecule is Cc1ccc(CNC(=O)c2cc(N)ccc2C)c(OC(C)(C)C)c1.Cl. The van der Waals surface area contributed by atoms with Gasteiger partial charge in [0, 0.05) is 23.4 Å². The summed E-state index contributed by atoms with van der Waals surface area (Å²) >= 11 is 0. The summed E-state index contributed by atoms with van der Waals surface area (Å²) in [6, 6.07) is 11.3. The minimum absolute atomic E-state index is 0. The monoisotopic (exact) mass is 362 g/mol. The van der Waals surface area contributed by atoms with Crippen LogP contribution in [-0.2, 0) is 6.54 Å². The zero-order valence-corrected chi connectivity index (χ0v) is 16.3. The number of carbonyl (C=O) groups is 1. The van der Waals surface area contributed by atoms with E-state index in [4.69, 9.17) is 10.5 Å². The maximum absolute atomic E-state index is 12.4. The largest absolute Gasteiger partial charge is 0.488 e. The van der Waals surface area contributed by atoms with E-state index in [9.17, 15) is 4.79 Å². The summed E-state index contributed by atoms with van der Waals surface area (Å²) in [4.78, 5) is 12.4. The Morgan fingerprint density at radius 3 is 2.44 bits per heavy atom. The molecule has 0 saturated heterocycles. The van der Waals surface area contributed by atoms with Gasteiger partial charge in [0.25, 0.3) is 5.91 Å². The number of hydrogen-bond acceptors (Lipinski definition) is 3. The quantitative estimate of drug-likeness (QED) is 0.791. The van der Waals surface area contributed by atoms with Crippen LogP contribution in [0.3, 0.4) is 0 Å². The van der Waals surface area contributed by atoms with Gasteiger partial charge in [-0.25, -0.2) is 0 Å². The fourth-order valence-corrected chi connectivity index (χ4v) is 2.39. The number of amides is 1. The van der Waals surface area contributed by atoms with Gasteiger partial charge in [0.1, 0.15) is 11.4 Å². The van der Waals surface area contributed by atoms with Crippen molar-refractivity contribution in [2.45, 2.75) is 46.8 Å². The highest BCUT2D eigenvalue weighted by atomic mass is 35.5. The topological polar surface area (TPSA) is 64.4 Å². The fourth-order valence-electron chi connectivity index (χ4n) is 2.39. The van der Waals surface area contributed by atoms with E-state index in [1.54, 1.807) is 12.1 Å². The molecule has 0 aliphatic carbocycles. The zero-order chi connectivity index (χ0) is 17.9. The van der Waals surface area contributed by atoms with Crippen LogP contribution < -0.4 is 15.8 Å². The molecule has 136 valence electrons. The summed E-state index contributed by atoms with van der Waals surface area (Å²) in [5, 5.41) is 2.95. The first-order valence-corrected chi connectivity index (χ1v) is 8.08. The highest BCUT2D eigenvalue weighted by Gasteiger charge is 2.16. The van der Waals surface area contributed by atoms with Crippen LogP contribution in [0.25, 0.3) is 0 Å². The van der Waals surface area contributed by atoms with Crippen molar-refractivity contribution in [3.05, 3.63) is 58.7 Å². The summed E-state index contributed by atoms with van der Waals surface area (Å²) in [7, 11) is 0. The van der Waals surface area contributed by atoms with Crippen LogP contribution in [0.4, 0.5) is 5.69 Å². The van der Waals surface area contributed by atoms with Crippen LogP contribution in [0.1, 0.15) is 47.8 Å². The lowest BCUT2D eigenvalue weighted by Gasteiger charge is -2.24. The van der Waals surface area contributed by atoms with Crippen LogP contribution in [0.2, 0.25) is 0 Å². The Morgan fingerprint density at radius 2 is 1.80 bits per heavy atom. The van der Waals surface area contributed by atoms with E-state index in [1.807, 2.05) is 58.9 Å². The second-order valence-electron chi connectivity index (χ2n) is 7.08. The predicted octanol–water partition coefficient (Wildman–Crippen LogP) is 4.41. The Morgan fingerprint density at radius 1 is 1.12 bits per heavy atom. The third kappa shape index (κ3) is 5.98. The smallest absolute Gasteiger partial charge is 0.251 e. The van der Waals surface area contributed by atoms with E-state index in [2.05, 4.69) is 5.32 Å². The average molecular weight is 363 g/mol. The van der Waals surface area contributed by atoms with Gasteiger partial charge in [-0.05, 0) is 63.9 Å². The minimum atomic E-state index is -0.295. The van der Waals surface area contributed by atoms with Gasteiger partial charge < -0.3 is 15.8 Å². The Labute approximate surface area is 156 Å². The molecule has 2 aromatic carbocycles. The molecule has 0 saturated carbocycles. The molecule has 0 heterocycles. The summed E-state index contributed by atoms with van der Waals surface area (Å²) in [6.45, 7) is 10.3. The van der Waals surface area contributed by atoms with Crippen molar-refractivity contribution < 1.29 is 9.53 Å². The number of benzene rings is 2. The molecular weight excluding hydrogens is 336 g/mol. The van der Waals surface area contributed by atoms with Gasteiger partial charge >= 0.3 is 0 Å². The number of rotatable bonds is 4. The van der Waals surface area contributed by atoms with Crippen LogP contribution in [0.15, 0.2) is 36.4 Å². The van der Waals surface area contributed by atoms with Crippen LogP contribution in [0.5, 0.6) is 5.75 Å². The Balaban J connectivity index is 0.00000312. The van der Waals surface area contributed by atoms with Gasteiger partial charge in [0.2, 0.25) is 0 Å². The Hall–Kier alpha value is -2.20. The second kappa shape index (κ2) is 8.26. The molecule has 4 nitrogen and oxygen atoms in total. The van der Waals surface area contributed by atoms with Crippen LogP contribution in [0, 0.1) is 13.8 Å². The van der Waals surface area contributed by atoms with Crippen molar-refractivity contribution in [2.75, 3.05) is 5.73 Å². The number of aryl methyl sites for hydroxylation is 2. The third-order valence-corrected chi connectivity index (χ3v) is 3.58. The van der Waals surface area contributed by atoms with Crippen molar-refractivity contribution in [3.8, 4) is 5.75 Å². The van der Waals surface area contributed by atoms with Crippen molar-refractivity contribution in [3.63, 3.8) is 0 Å². The molecule has 0 unspecified atom stereocenters. The third-order valence-electron chi connectivity index (χ3n) is 3.58. The number of nitrogens with two attached hydrogens (primary N) is 1. The number of nitrogen functional groups attached to an aromatic ring is 1. The van der Waals surface area contributed by atoms with E-state index in [0.717, 1.165) is 22.4 Å². The molecule has 0 bridgehead atoms. The Kier molecular flexibility index (Phi) is 6.88. The molecule has 2 aromatic rings. The highest BCUT2D eigenvalue weighted by Crippen LogP contribution is 2.25. The molecule has 0 atom stereocenters. The Bertz CT molecular complexity index is 752. The maximum Gasteiger partial charge on any atom is 0.251 e. The number of ether oxygens (including phenoxy) is 1. The number of halogens is 1. The van der Waals surface area contributed by atoms with E-state index in [0.29, 0.717) is 17.8 Å². The molecule has 3 N–H and O–H groups in total. The lowest BCUT2D eigenvalue weighted by Crippen LogP contribution is -2.26. The van der Waals surface area contributed by atoms with Crippen LogP contribution in [-0.4, -0.2) is 11.5 Å².